The number of carboxylic acid groups (broad SMARTS) is 1. The van der Waals surface area contributed by atoms with Crippen LogP contribution in [0.5, 0.6) is 5.75 Å². The van der Waals surface area contributed by atoms with E-state index < -0.39 is 5.97 Å². The van der Waals surface area contributed by atoms with E-state index in [1.165, 1.54) is 11.1 Å². The molecule has 1 fully saturated rings. The molecule has 3 atom stereocenters. The Balaban J connectivity index is 1.75. The zero-order valence-electron chi connectivity index (χ0n) is 12.7. The van der Waals surface area contributed by atoms with Gasteiger partial charge in [-0.05, 0) is 62.4 Å². The number of hydrogen-bond acceptors (Lipinski definition) is 3. The van der Waals surface area contributed by atoms with Gasteiger partial charge in [-0.1, -0.05) is 6.07 Å². The molecule has 4 nitrogen and oxygen atoms in total. The predicted octanol–water partition coefficient (Wildman–Crippen LogP) is 2.35. The smallest absolute Gasteiger partial charge is 0.308 e. The van der Waals surface area contributed by atoms with Crippen LogP contribution < -0.4 is 4.74 Å². The van der Waals surface area contributed by atoms with Crippen molar-refractivity contribution in [3.8, 4) is 5.75 Å². The molecular weight excluding hydrogens is 266 g/mol. The SMILES string of the molecule is COc1ccc2c(c1)CC(N1CCC(C(=O)O)C1C)CC2. The second kappa shape index (κ2) is 5.68. The average Bonchev–Trinajstić information content (AvgIpc) is 2.88. The van der Waals surface area contributed by atoms with Crippen LogP contribution in [0.3, 0.4) is 0 Å². The van der Waals surface area contributed by atoms with Crippen molar-refractivity contribution in [3.05, 3.63) is 29.3 Å². The minimum Gasteiger partial charge on any atom is -0.497 e. The van der Waals surface area contributed by atoms with Crippen molar-refractivity contribution < 1.29 is 14.6 Å². The zero-order chi connectivity index (χ0) is 15.0. The van der Waals surface area contributed by atoms with E-state index in [-0.39, 0.29) is 12.0 Å². The van der Waals surface area contributed by atoms with E-state index in [1.807, 2.05) is 6.07 Å². The lowest BCUT2D eigenvalue weighted by Gasteiger charge is -2.35. The number of aliphatic carboxylic acids is 1. The van der Waals surface area contributed by atoms with Crippen LogP contribution in [0, 0.1) is 5.92 Å². The number of fused-ring (bicyclic) bond motifs is 1. The molecule has 2 aliphatic rings. The summed E-state index contributed by atoms with van der Waals surface area (Å²) >= 11 is 0. The molecule has 4 heteroatoms. The van der Waals surface area contributed by atoms with Crippen LogP contribution in [0.4, 0.5) is 0 Å². The molecule has 114 valence electrons. The molecule has 3 unspecified atom stereocenters. The van der Waals surface area contributed by atoms with Crippen molar-refractivity contribution in [3.63, 3.8) is 0 Å². The molecule has 1 aliphatic heterocycles. The number of likely N-dealkylation sites (tertiary alicyclic amines) is 1. The van der Waals surface area contributed by atoms with Crippen molar-refractivity contribution in [1.82, 2.24) is 4.90 Å². The molecule has 3 rings (SSSR count). The first kappa shape index (κ1) is 14.4. The summed E-state index contributed by atoms with van der Waals surface area (Å²) in [6.45, 7) is 2.97. The minimum atomic E-state index is -0.650. The molecule has 1 heterocycles. The zero-order valence-corrected chi connectivity index (χ0v) is 12.7. The van der Waals surface area contributed by atoms with Gasteiger partial charge >= 0.3 is 5.97 Å². The van der Waals surface area contributed by atoms with Crippen LogP contribution in [-0.4, -0.2) is 41.7 Å². The maximum Gasteiger partial charge on any atom is 0.308 e. The molecule has 21 heavy (non-hydrogen) atoms. The fourth-order valence-electron chi connectivity index (χ4n) is 3.93. The van der Waals surface area contributed by atoms with E-state index in [4.69, 9.17) is 4.74 Å². The Morgan fingerprint density at radius 1 is 1.33 bits per heavy atom. The maximum atomic E-state index is 11.3. The maximum absolute atomic E-state index is 11.3. The lowest BCUT2D eigenvalue weighted by Crippen LogP contribution is -2.43. The summed E-state index contributed by atoms with van der Waals surface area (Å²) < 4.78 is 5.32. The van der Waals surface area contributed by atoms with E-state index in [9.17, 15) is 9.90 Å². The minimum absolute atomic E-state index is 0.139. The molecule has 1 saturated heterocycles. The number of benzene rings is 1. The molecule has 0 bridgehead atoms. The van der Waals surface area contributed by atoms with E-state index >= 15 is 0 Å². The highest BCUT2D eigenvalue weighted by Crippen LogP contribution is 2.33. The summed E-state index contributed by atoms with van der Waals surface area (Å²) in [6, 6.07) is 6.93. The standard InChI is InChI=1S/C17H23NO3/c1-11-16(17(19)20)7-8-18(11)14-5-3-12-4-6-15(21-2)10-13(12)9-14/h4,6,10-11,14,16H,3,5,7-9H2,1-2H3,(H,19,20). The fourth-order valence-corrected chi connectivity index (χ4v) is 3.93. The van der Waals surface area contributed by atoms with Crippen LogP contribution in [0.25, 0.3) is 0 Å². The summed E-state index contributed by atoms with van der Waals surface area (Å²) in [6.07, 6.45) is 3.97. The molecule has 0 aromatic heterocycles. The largest absolute Gasteiger partial charge is 0.497 e. The molecule has 0 spiro atoms. The molecule has 1 aromatic rings. The molecule has 0 amide bonds. The highest BCUT2D eigenvalue weighted by Gasteiger charge is 2.39. The van der Waals surface area contributed by atoms with Gasteiger partial charge in [0.25, 0.3) is 0 Å². The van der Waals surface area contributed by atoms with Gasteiger partial charge in [-0.15, -0.1) is 0 Å². The number of ether oxygens (including phenoxy) is 1. The first-order chi connectivity index (χ1) is 10.1. The van der Waals surface area contributed by atoms with Gasteiger partial charge in [0.1, 0.15) is 5.75 Å². The predicted molar refractivity (Wildman–Crippen MR) is 80.7 cm³/mol. The highest BCUT2D eigenvalue weighted by molar-refractivity contribution is 5.71. The number of methoxy groups -OCH3 is 1. The van der Waals surface area contributed by atoms with Crippen LogP contribution in [0.2, 0.25) is 0 Å². The number of carboxylic acids is 1. The second-order valence-corrected chi connectivity index (χ2v) is 6.24. The summed E-state index contributed by atoms with van der Waals surface area (Å²) in [7, 11) is 1.70. The molecule has 1 aromatic carbocycles. The molecule has 1 aliphatic carbocycles. The Hall–Kier alpha value is -1.55. The third kappa shape index (κ3) is 2.64. The number of hydrogen-bond donors (Lipinski definition) is 1. The van der Waals surface area contributed by atoms with Crippen LogP contribution >= 0.6 is 0 Å². The van der Waals surface area contributed by atoms with Gasteiger partial charge < -0.3 is 9.84 Å². The Labute approximate surface area is 125 Å². The Morgan fingerprint density at radius 3 is 2.81 bits per heavy atom. The van der Waals surface area contributed by atoms with Gasteiger partial charge in [-0.2, -0.15) is 0 Å². The first-order valence-electron chi connectivity index (χ1n) is 7.74. The number of carbonyl (C=O) groups is 1. The Bertz CT molecular complexity index is 543. The lowest BCUT2D eigenvalue weighted by atomic mass is 9.87. The van der Waals surface area contributed by atoms with Gasteiger partial charge in [-0.25, -0.2) is 0 Å². The monoisotopic (exact) mass is 289 g/mol. The van der Waals surface area contributed by atoms with Gasteiger partial charge in [0.15, 0.2) is 0 Å². The summed E-state index contributed by atoms with van der Waals surface area (Å²) in [5.74, 6) is 0.0480. The Morgan fingerprint density at radius 2 is 2.14 bits per heavy atom. The molecule has 1 N–H and O–H groups in total. The van der Waals surface area contributed by atoms with Crippen molar-refractivity contribution in [1.29, 1.82) is 0 Å². The van der Waals surface area contributed by atoms with Crippen LogP contribution in [-0.2, 0) is 17.6 Å². The van der Waals surface area contributed by atoms with Gasteiger partial charge in [-0.3, -0.25) is 9.69 Å². The molecular formula is C17H23NO3. The Kier molecular flexibility index (Phi) is 3.89. The summed E-state index contributed by atoms with van der Waals surface area (Å²) in [4.78, 5) is 13.7. The lowest BCUT2D eigenvalue weighted by molar-refractivity contribution is -0.142. The average molecular weight is 289 g/mol. The fraction of sp³-hybridized carbons (Fsp3) is 0.588. The quantitative estimate of drug-likeness (QED) is 0.928. The van der Waals surface area contributed by atoms with Crippen LogP contribution in [0.1, 0.15) is 30.9 Å². The number of rotatable bonds is 3. The van der Waals surface area contributed by atoms with Crippen molar-refractivity contribution in [2.75, 3.05) is 13.7 Å². The first-order valence-corrected chi connectivity index (χ1v) is 7.74. The van der Waals surface area contributed by atoms with E-state index in [1.54, 1.807) is 7.11 Å². The van der Waals surface area contributed by atoms with E-state index in [0.29, 0.717) is 6.04 Å². The van der Waals surface area contributed by atoms with Gasteiger partial charge in [0.05, 0.1) is 13.0 Å². The van der Waals surface area contributed by atoms with Gasteiger partial charge in [0.2, 0.25) is 0 Å². The summed E-state index contributed by atoms with van der Waals surface area (Å²) in [5, 5.41) is 9.28. The third-order valence-electron chi connectivity index (χ3n) is 5.21. The van der Waals surface area contributed by atoms with E-state index in [0.717, 1.165) is 38.0 Å². The normalized spacial score (nSPS) is 29.1. The molecule has 0 radical (unpaired) electrons. The van der Waals surface area contributed by atoms with E-state index in [2.05, 4.69) is 24.0 Å². The summed E-state index contributed by atoms with van der Waals surface area (Å²) in [5.41, 5.74) is 2.77. The number of aryl methyl sites for hydroxylation is 1. The molecule has 0 saturated carbocycles. The van der Waals surface area contributed by atoms with Gasteiger partial charge in [0, 0.05) is 12.1 Å². The topological polar surface area (TPSA) is 49.8 Å². The van der Waals surface area contributed by atoms with Crippen molar-refractivity contribution >= 4 is 5.97 Å². The third-order valence-corrected chi connectivity index (χ3v) is 5.21. The van der Waals surface area contributed by atoms with Crippen molar-refractivity contribution in [2.45, 2.75) is 44.7 Å². The highest BCUT2D eigenvalue weighted by atomic mass is 16.5. The number of nitrogens with zero attached hydrogens (tertiary/aromatic N) is 1. The second-order valence-electron chi connectivity index (χ2n) is 6.24. The van der Waals surface area contributed by atoms with Crippen LogP contribution in [0.15, 0.2) is 18.2 Å². The van der Waals surface area contributed by atoms with Crippen molar-refractivity contribution in [2.24, 2.45) is 5.92 Å².